The molecule has 0 aromatic heterocycles. The van der Waals surface area contributed by atoms with Gasteiger partial charge in [-0.15, -0.1) is 0 Å². The fourth-order valence-corrected chi connectivity index (χ4v) is 15.0. The number of ketones is 13. The summed E-state index contributed by atoms with van der Waals surface area (Å²) in [7, 11) is -2.50. The molecule has 8 atom stereocenters. The average Bonchev–Trinajstić information content (AvgIpc) is 0.848. The van der Waals surface area contributed by atoms with Gasteiger partial charge in [0.2, 0.25) is 0 Å². The van der Waals surface area contributed by atoms with Crippen molar-refractivity contribution >= 4 is 116 Å². The predicted octanol–water partition coefficient (Wildman–Crippen LogP) is 20.8. The summed E-state index contributed by atoms with van der Waals surface area (Å²) in [4.78, 5) is 196. The van der Waals surface area contributed by atoms with E-state index < -0.39 is 47.2 Å². The molecule has 736 valence electrons. The molecule has 0 aromatic carbocycles. The number of esters is 4. The lowest BCUT2D eigenvalue weighted by Crippen LogP contribution is -2.36. The highest BCUT2D eigenvalue weighted by Crippen LogP contribution is 2.49. The molecule has 0 bridgehead atoms. The van der Waals surface area contributed by atoms with E-state index in [0.717, 1.165) is 12.8 Å². The molecule has 0 N–H and O–H groups in total. The highest BCUT2D eigenvalue weighted by atomic mass is 31.2. The molecule has 0 aliphatic rings. The van der Waals surface area contributed by atoms with Gasteiger partial charge in [0.25, 0.3) is 17.1 Å². The van der Waals surface area contributed by atoms with Crippen molar-refractivity contribution in [1.29, 1.82) is 5.26 Å². The summed E-state index contributed by atoms with van der Waals surface area (Å²) in [6.07, 6.45) is 8.78. The highest BCUT2D eigenvalue weighted by Gasteiger charge is 2.34. The summed E-state index contributed by atoms with van der Waals surface area (Å²) in [6, 6.07) is 3.23. The number of carbonyl (C=O) groups excluding carboxylic acids is 17. The third kappa shape index (κ3) is 71.1. The molecule has 0 rings (SSSR count). The van der Waals surface area contributed by atoms with Gasteiger partial charge in [0.05, 0.1) is 57.5 Å². The van der Waals surface area contributed by atoms with Crippen molar-refractivity contribution in [2.75, 3.05) is 13.2 Å². The van der Waals surface area contributed by atoms with E-state index in [9.17, 15) is 81.5 Å². The molecular formula is C97H173N3O25P2. The Morgan fingerprint density at radius 1 is 0.291 bits per heavy atom. The van der Waals surface area contributed by atoms with Crippen molar-refractivity contribution in [1.82, 2.24) is 9.34 Å². The molecule has 0 aliphatic carbocycles. The summed E-state index contributed by atoms with van der Waals surface area (Å²) in [6.45, 7) is 59.7. The van der Waals surface area contributed by atoms with E-state index in [4.69, 9.17) is 42.3 Å². The zero-order chi connectivity index (χ0) is 99.4. The summed E-state index contributed by atoms with van der Waals surface area (Å²) in [5.74, 6) is -1.67. The molecule has 0 radical (unpaired) electrons. The van der Waals surface area contributed by atoms with Gasteiger partial charge in [0, 0.05) is 156 Å². The molecule has 0 amide bonds. The van der Waals surface area contributed by atoms with Crippen LogP contribution in [0, 0.1) is 46.8 Å². The number of ether oxygens (including phenoxy) is 4. The quantitative estimate of drug-likeness (QED) is 0.0236. The van der Waals surface area contributed by atoms with Crippen LogP contribution in [0.5, 0.6) is 0 Å². The smallest absolute Gasteiger partial charge is 0.306 e. The molecule has 0 saturated heterocycles. The van der Waals surface area contributed by atoms with E-state index in [1.165, 1.54) is 13.8 Å². The van der Waals surface area contributed by atoms with Crippen LogP contribution in [-0.4, -0.2) is 182 Å². The monoisotopic (exact) mass is 1840 g/mol. The van der Waals surface area contributed by atoms with E-state index in [1.807, 2.05) is 83.1 Å². The van der Waals surface area contributed by atoms with Crippen molar-refractivity contribution in [2.45, 2.75) is 468 Å². The SMILES string of the molecule is CCC(=O)CCC(=O)OC(CC)C(=O)C(C)C.CCC(=O)CCC(=O)OC(CC)CCC(=O)CCC(=O)C(C)C.CCC(CCC(=O)CCC(=O)C(C)C)OC(=O)CCC(C)=O.CCC(CCC(=O)CCC(=O)C(C)C)OP(OCCC#N)N(C(C)C)C(C)C.CCC(OC(=O)CCC(C)=O)C(=O)C(C)C.CCCOP(OC(CC)C(=O)C(C)C)N(C(C)C)C(C)C. The Labute approximate surface area is 768 Å². The molecule has 0 heterocycles. The first-order valence-corrected chi connectivity index (χ1v) is 49.2. The lowest BCUT2D eigenvalue weighted by molar-refractivity contribution is -0.156. The maximum absolute atomic E-state index is 12.3. The molecule has 0 fully saturated rings. The highest BCUT2D eigenvalue weighted by molar-refractivity contribution is 7.45. The van der Waals surface area contributed by atoms with Crippen LogP contribution in [0.4, 0.5) is 0 Å². The third-order valence-corrected chi connectivity index (χ3v) is 23.9. The zero-order valence-electron chi connectivity index (χ0n) is 84.3. The van der Waals surface area contributed by atoms with Crippen LogP contribution in [-0.2, 0) is 119 Å². The predicted molar refractivity (Wildman–Crippen MR) is 500 cm³/mol. The lowest BCUT2D eigenvalue weighted by atomic mass is 10.0. The number of hydrogen-bond acceptors (Lipinski definition) is 28. The minimum absolute atomic E-state index is 0.00970. The van der Waals surface area contributed by atoms with Crippen LogP contribution in [0.3, 0.4) is 0 Å². The zero-order valence-corrected chi connectivity index (χ0v) is 86.1. The van der Waals surface area contributed by atoms with Gasteiger partial charge in [-0.3, -0.25) is 71.9 Å². The second kappa shape index (κ2) is 79.4. The Bertz CT molecular complexity index is 3210. The summed E-state index contributed by atoms with van der Waals surface area (Å²) in [5, 5.41) is 8.79. The Hall–Kier alpha value is -6.30. The Balaban J connectivity index is -0.000000349. The van der Waals surface area contributed by atoms with Gasteiger partial charge in [-0.2, -0.15) is 5.26 Å². The fraction of sp³-hybridized carbons (Fsp3) is 0.814. The summed E-state index contributed by atoms with van der Waals surface area (Å²) < 4.78 is 49.4. The van der Waals surface area contributed by atoms with Crippen LogP contribution in [0.2, 0.25) is 0 Å². The molecule has 127 heavy (non-hydrogen) atoms. The molecule has 8 unspecified atom stereocenters. The standard InChI is InChI=1S/C21H39N2O4P.C18H30O5.C17H28O5.C16H34NO3P.C13H22O4.C12H20O4/c1-8-20(12-10-19(24)11-13-21(25)16(2)3)27-28(26-15-9-14-22)23(17(4)5)18(6)7;1-5-14(19)9-12-18(22)23-16(6-2)10-7-15(20)8-11-17(21)13(3)4;1-5-15(22-17(21)11-6-13(4)18)9-7-14(19)8-10-16(20)12(2)3;1-9-11-19-21(17(13(5)6)14(7)8)20-15(10-2)16(18)12(3)4;1-5-10(14)7-8-12(15)17-11(6-2)13(16)9(3)4;1-5-10(12(15)8(2)3)16-11(14)7-6-9(4)13/h16-18,20H,8-13,15H2,1-7H3;13,16H,5-12H2,1-4H3;12,15H,5-11H2,1-4H3;12-15H,9-11H2,1-8H3;9,11H,5-8H2,1-4H3;8,10H,5-7H2,1-4H3. The molecular weight excluding hydrogens is 1670 g/mol. The van der Waals surface area contributed by atoms with Crippen molar-refractivity contribution in [3.63, 3.8) is 0 Å². The maximum atomic E-state index is 12.3. The third-order valence-electron chi connectivity index (χ3n) is 19.5. The Kier molecular flexibility index (Phi) is 82.2. The largest absolute Gasteiger partial charge is 0.462 e. The summed E-state index contributed by atoms with van der Waals surface area (Å²) >= 11 is 0. The first-order valence-electron chi connectivity index (χ1n) is 46.9. The summed E-state index contributed by atoms with van der Waals surface area (Å²) in [5.41, 5.74) is 0. The van der Waals surface area contributed by atoms with Crippen LogP contribution in [0.15, 0.2) is 0 Å². The van der Waals surface area contributed by atoms with Gasteiger partial charge < -0.3 is 46.6 Å². The topological polar surface area (TPSA) is 394 Å². The van der Waals surface area contributed by atoms with Crippen LogP contribution < -0.4 is 0 Å². The Morgan fingerprint density at radius 2 is 0.559 bits per heavy atom. The van der Waals surface area contributed by atoms with Gasteiger partial charge in [-0.25, -0.2) is 9.34 Å². The van der Waals surface area contributed by atoms with Gasteiger partial charge in [-0.1, -0.05) is 145 Å². The van der Waals surface area contributed by atoms with Gasteiger partial charge in [0.15, 0.2) is 29.6 Å². The molecule has 0 aliphatic heterocycles. The van der Waals surface area contributed by atoms with Crippen molar-refractivity contribution < 1.29 is 119 Å². The van der Waals surface area contributed by atoms with Crippen molar-refractivity contribution in [3.05, 3.63) is 0 Å². The number of carbonyl (C=O) groups is 17. The first kappa shape index (κ1) is 131. The molecule has 0 aromatic rings. The van der Waals surface area contributed by atoms with Gasteiger partial charge in [0.1, 0.15) is 76.1 Å². The fourth-order valence-electron chi connectivity index (χ4n) is 11.3. The van der Waals surface area contributed by atoms with E-state index in [1.54, 1.807) is 55.4 Å². The van der Waals surface area contributed by atoms with Crippen LogP contribution in [0.25, 0.3) is 0 Å². The average molecular weight is 1840 g/mol. The van der Waals surface area contributed by atoms with Crippen molar-refractivity contribution in [2.24, 2.45) is 35.5 Å². The number of Topliss-reactive ketones (excluding diaryl/α,β-unsaturated/α-hetero) is 13. The number of rotatable bonds is 67. The number of nitrogens with zero attached hydrogens (tertiary/aromatic N) is 3. The van der Waals surface area contributed by atoms with E-state index in [-0.39, 0.29) is 230 Å². The molecule has 28 nitrogen and oxygen atoms in total. The minimum atomic E-state index is -1.30. The number of hydrogen-bond donors (Lipinski definition) is 0. The first-order chi connectivity index (χ1) is 59.2. The minimum Gasteiger partial charge on any atom is -0.462 e. The van der Waals surface area contributed by atoms with Crippen LogP contribution in [0.1, 0.15) is 407 Å². The molecule has 0 spiro atoms. The normalized spacial score (nSPS) is 13.1. The lowest BCUT2D eigenvalue weighted by Gasteiger charge is -2.37. The van der Waals surface area contributed by atoms with Crippen LogP contribution >= 0.6 is 17.1 Å². The van der Waals surface area contributed by atoms with E-state index >= 15 is 0 Å². The van der Waals surface area contributed by atoms with Gasteiger partial charge in [-0.05, 0) is 133 Å². The molecule has 0 saturated carbocycles. The second-order valence-corrected chi connectivity index (χ2v) is 37.4. The van der Waals surface area contributed by atoms with Crippen molar-refractivity contribution in [3.8, 4) is 6.07 Å². The number of nitriles is 1. The van der Waals surface area contributed by atoms with E-state index in [2.05, 4.69) is 77.7 Å². The maximum Gasteiger partial charge on any atom is 0.306 e. The van der Waals surface area contributed by atoms with E-state index in [0.29, 0.717) is 128 Å². The second-order valence-electron chi connectivity index (χ2n) is 34.6. The van der Waals surface area contributed by atoms with Gasteiger partial charge >= 0.3 is 23.9 Å². The molecule has 30 heteroatoms. The Morgan fingerprint density at radius 3 is 0.811 bits per heavy atom.